The lowest BCUT2D eigenvalue weighted by Crippen LogP contribution is -2.00. The van der Waals surface area contributed by atoms with Crippen LogP contribution in [0.4, 0.5) is 10.8 Å². The lowest BCUT2D eigenvalue weighted by molar-refractivity contribution is -0.384. The normalized spacial score (nSPS) is 11.3. The predicted molar refractivity (Wildman–Crippen MR) is 96.5 cm³/mol. The number of hydrogen-bond donors (Lipinski definition) is 1. The van der Waals surface area contributed by atoms with E-state index < -0.39 is 4.92 Å². The Hall–Kier alpha value is -3.06. The first kappa shape index (κ1) is 15.8. The molecule has 0 radical (unpaired) electrons. The lowest BCUT2D eigenvalue weighted by Gasteiger charge is -2.01. The van der Waals surface area contributed by atoms with Crippen LogP contribution in [0.2, 0.25) is 0 Å². The second-order valence-electron chi connectivity index (χ2n) is 5.02. The van der Waals surface area contributed by atoms with Crippen molar-refractivity contribution in [2.45, 2.75) is 6.92 Å². The number of nitro groups is 1. The van der Waals surface area contributed by atoms with E-state index in [2.05, 4.69) is 15.5 Å². The zero-order valence-corrected chi connectivity index (χ0v) is 13.7. The fraction of sp³-hybridized carbons (Fsp3) is 0.0588. The molecule has 0 unspecified atom stereocenters. The largest absolute Gasteiger partial charge is 0.270 e. The summed E-state index contributed by atoms with van der Waals surface area (Å²) in [7, 11) is 0. The van der Waals surface area contributed by atoms with E-state index in [9.17, 15) is 10.1 Å². The molecule has 0 aliphatic heterocycles. The van der Waals surface area contributed by atoms with Crippen LogP contribution in [0.3, 0.4) is 0 Å². The Bertz CT molecular complexity index is 890. The topological polar surface area (TPSA) is 80.4 Å². The molecule has 1 aromatic heterocycles. The van der Waals surface area contributed by atoms with Gasteiger partial charge in [0.2, 0.25) is 5.13 Å². The summed E-state index contributed by atoms with van der Waals surface area (Å²) in [5.41, 5.74) is 6.21. The average molecular weight is 338 g/mol. The number of hydrogen-bond acceptors (Lipinski definition) is 6. The zero-order valence-electron chi connectivity index (χ0n) is 12.8. The highest BCUT2D eigenvalue weighted by Gasteiger charge is 2.08. The maximum atomic E-state index is 10.8. The van der Waals surface area contributed by atoms with Crippen LogP contribution in [-0.2, 0) is 0 Å². The van der Waals surface area contributed by atoms with Gasteiger partial charge in [0.25, 0.3) is 5.69 Å². The van der Waals surface area contributed by atoms with Crippen LogP contribution in [0.15, 0.2) is 65.1 Å². The number of rotatable bonds is 5. The lowest BCUT2D eigenvalue weighted by atomic mass is 10.1. The van der Waals surface area contributed by atoms with Crippen molar-refractivity contribution in [3.63, 3.8) is 0 Å². The van der Waals surface area contributed by atoms with Gasteiger partial charge in [-0.3, -0.25) is 15.5 Å². The van der Waals surface area contributed by atoms with E-state index in [1.165, 1.54) is 23.5 Å². The maximum absolute atomic E-state index is 10.8. The van der Waals surface area contributed by atoms with Gasteiger partial charge in [-0.25, -0.2) is 4.98 Å². The first-order valence-electron chi connectivity index (χ1n) is 7.19. The van der Waals surface area contributed by atoms with Gasteiger partial charge >= 0.3 is 0 Å². The molecule has 0 spiro atoms. The van der Waals surface area contributed by atoms with Crippen molar-refractivity contribution in [2.75, 3.05) is 5.43 Å². The van der Waals surface area contributed by atoms with Gasteiger partial charge in [0.15, 0.2) is 0 Å². The van der Waals surface area contributed by atoms with Gasteiger partial charge in [0, 0.05) is 28.6 Å². The smallest absolute Gasteiger partial charge is 0.258 e. The van der Waals surface area contributed by atoms with E-state index in [0.717, 1.165) is 11.3 Å². The Morgan fingerprint density at radius 1 is 1.21 bits per heavy atom. The number of nitrogens with zero attached hydrogens (tertiary/aromatic N) is 3. The molecule has 1 N–H and O–H groups in total. The van der Waals surface area contributed by atoms with E-state index in [-0.39, 0.29) is 5.69 Å². The van der Waals surface area contributed by atoms with Crippen LogP contribution in [0.5, 0.6) is 0 Å². The third-order valence-corrected chi connectivity index (χ3v) is 4.11. The van der Waals surface area contributed by atoms with E-state index >= 15 is 0 Å². The Morgan fingerprint density at radius 3 is 2.75 bits per heavy atom. The van der Waals surface area contributed by atoms with Gasteiger partial charge in [0.05, 0.1) is 16.3 Å². The molecular formula is C17H14N4O2S. The molecule has 0 fully saturated rings. The van der Waals surface area contributed by atoms with Crippen molar-refractivity contribution in [2.24, 2.45) is 5.10 Å². The summed E-state index contributed by atoms with van der Waals surface area (Å²) in [4.78, 5) is 14.9. The molecule has 0 aliphatic carbocycles. The van der Waals surface area contributed by atoms with Crippen LogP contribution in [0.1, 0.15) is 12.5 Å². The highest BCUT2D eigenvalue weighted by atomic mass is 32.1. The summed E-state index contributed by atoms with van der Waals surface area (Å²) in [6.07, 6.45) is 0. The molecule has 0 atom stereocenters. The highest BCUT2D eigenvalue weighted by molar-refractivity contribution is 7.14. The van der Waals surface area contributed by atoms with Crippen molar-refractivity contribution in [1.29, 1.82) is 0 Å². The molecule has 3 aromatic rings. The van der Waals surface area contributed by atoms with Crippen molar-refractivity contribution in [3.8, 4) is 11.3 Å². The van der Waals surface area contributed by atoms with Gasteiger partial charge in [-0.1, -0.05) is 42.5 Å². The molecule has 1 heterocycles. The molecular weight excluding hydrogens is 324 g/mol. The molecule has 0 saturated heterocycles. The number of nitrogens with one attached hydrogen (secondary N) is 1. The summed E-state index contributed by atoms with van der Waals surface area (Å²) < 4.78 is 0. The second-order valence-corrected chi connectivity index (χ2v) is 5.88. The van der Waals surface area contributed by atoms with Crippen molar-refractivity contribution in [3.05, 3.63) is 75.7 Å². The number of aromatic nitrogens is 1. The molecule has 0 saturated carbocycles. The molecule has 120 valence electrons. The summed E-state index contributed by atoms with van der Waals surface area (Å²) in [6.45, 7) is 1.79. The fourth-order valence-electron chi connectivity index (χ4n) is 2.11. The Labute approximate surface area is 142 Å². The SMILES string of the molecule is C/C(=N/Nc1nc(-c2ccccc2)cs1)c1cccc([N+](=O)[O-])c1. The number of anilines is 1. The molecule has 0 aliphatic rings. The van der Waals surface area contributed by atoms with Crippen LogP contribution in [-0.4, -0.2) is 15.6 Å². The van der Waals surface area contributed by atoms with Gasteiger partial charge < -0.3 is 0 Å². The molecule has 7 heteroatoms. The predicted octanol–water partition coefficient (Wildman–Crippen LogP) is 4.55. The minimum absolute atomic E-state index is 0.0441. The minimum atomic E-state index is -0.419. The molecule has 0 amide bonds. The van der Waals surface area contributed by atoms with Gasteiger partial charge in [-0.2, -0.15) is 5.10 Å². The first-order chi connectivity index (χ1) is 11.6. The van der Waals surface area contributed by atoms with Crippen molar-refractivity contribution < 1.29 is 4.92 Å². The Morgan fingerprint density at radius 2 is 2.00 bits per heavy atom. The third kappa shape index (κ3) is 3.64. The Balaban J connectivity index is 1.75. The molecule has 6 nitrogen and oxygen atoms in total. The zero-order chi connectivity index (χ0) is 16.9. The summed E-state index contributed by atoms with van der Waals surface area (Å²) in [5, 5.41) is 17.7. The van der Waals surface area contributed by atoms with E-state index in [1.54, 1.807) is 19.1 Å². The number of non-ortho nitro benzene ring substituents is 1. The van der Waals surface area contributed by atoms with Gasteiger partial charge in [0.1, 0.15) is 0 Å². The van der Waals surface area contributed by atoms with Gasteiger partial charge in [-0.05, 0) is 6.92 Å². The quantitative estimate of drug-likeness (QED) is 0.420. The summed E-state index contributed by atoms with van der Waals surface area (Å²) in [6, 6.07) is 16.3. The molecule has 2 aromatic carbocycles. The van der Waals surface area contributed by atoms with Crippen LogP contribution < -0.4 is 5.43 Å². The number of benzene rings is 2. The first-order valence-corrected chi connectivity index (χ1v) is 8.07. The molecule has 0 bridgehead atoms. The fourth-order valence-corrected chi connectivity index (χ4v) is 2.77. The van der Waals surface area contributed by atoms with Crippen LogP contribution in [0, 0.1) is 10.1 Å². The number of hydrazone groups is 1. The number of nitro benzene ring substituents is 1. The standard InChI is InChI=1S/C17H14N4O2S/c1-12(14-8-5-9-15(10-14)21(22)23)19-20-17-18-16(11-24-17)13-6-3-2-4-7-13/h2-11H,1H3,(H,18,20)/b19-12-. The molecule has 3 rings (SSSR count). The van der Waals surface area contributed by atoms with Crippen molar-refractivity contribution in [1.82, 2.24) is 4.98 Å². The minimum Gasteiger partial charge on any atom is -0.258 e. The van der Waals surface area contributed by atoms with E-state index in [0.29, 0.717) is 16.4 Å². The average Bonchev–Trinajstić information content (AvgIpc) is 3.09. The van der Waals surface area contributed by atoms with Crippen molar-refractivity contribution >= 4 is 27.9 Å². The summed E-state index contributed by atoms with van der Waals surface area (Å²) >= 11 is 1.45. The second kappa shape index (κ2) is 7.01. The van der Waals surface area contributed by atoms with Crippen LogP contribution in [0.25, 0.3) is 11.3 Å². The third-order valence-electron chi connectivity index (χ3n) is 3.37. The number of thiazole rings is 1. The van der Waals surface area contributed by atoms with Gasteiger partial charge in [-0.15, -0.1) is 11.3 Å². The van der Waals surface area contributed by atoms with Crippen LogP contribution >= 0.6 is 11.3 Å². The van der Waals surface area contributed by atoms with E-state index in [4.69, 9.17) is 0 Å². The summed E-state index contributed by atoms with van der Waals surface area (Å²) in [5.74, 6) is 0. The van der Waals surface area contributed by atoms with E-state index in [1.807, 2.05) is 35.7 Å². The monoisotopic (exact) mass is 338 g/mol. The molecule has 24 heavy (non-hydrogen) atoms. The highest BCUT2D eigenvalue weighted by Crippen LogP contribution is 2.24. The maximum Gasteiger partial charge on any atom is 0.270 e. The Kier molecular flexibility index (Phi) is 4.62.